The normalized spacial score (nSPS) is 34.6. The number of carbonyl (C=O) groups is 2. The van der Waals surface area contributed by atoms with E-state index in [9.17, 15) is 9.59 Å². The fourth-order valence-corrected chi connectivity index (χ4v) is 5.65. The van der Waals surface area contributed by atoms with E-state index < -0.39 is 11.8 Å². The Morgan fingerprint density at radius 1 is 0.958 bits per heavy atom. The maximum atomic E-state index is 12.5. The Morgan fingerprint density at radius 3 is 2.04 bits per heavy atom. The van der Waals surface area contributed by atoms with E-state index in [0.29, 0.717) is 0 Å². The zero-order valence-electron chi connectivity index (χ0n) is 14.3. The molecule has 0 spiro atoms. The van der Waals surface area contributed by atoms with Crippen molar-refractivity contribution in [3.63, 3.8) is 0 Å². The molecular weight excluding hydrogens is 300 g/mol. The van der Waals surface area contributed by atoms with E-state index in [1.807, 2.05) is 37.3 Å². The second-order valence-corrected chi connectivity index (χ2v) is 8.26. The molecule has 4 fully saturated rings. The van der Waals surface area contributed by atoms with E-state index in [1.165, 1.54) is 19.3 Å². The van der Waals surface area contributed by atoms with Gasteiger partial charge >= 0.3 is 11.8 Å². The largest absolute Gasteiger partial charge is 0.342 e. The van der Waals surface area contributed by atoms with Gasteiger partial charge in [0.25, 0.3) is 0 Å². The van der Waals surface area contributed by atoms with Crippen LogP contribution in [0, 0.1) is 17.8 Å². The van der Waals surface area contributed by atoms with Crippen LogP contribution < -0.4 is 10.6 Å². The molecule has 5 rings (SSSR count). The van der Waals surface area contributed by atoms with Gasteiger partial charge in [-0.05, 0) is 68.8 Å². The summed E-state index contributed by atoms with van der Waals surface area (Å²) in [4.78, 5) is 24.8. The summed E-state index contributed by atoms with van der Waals surface area (Å²) in [6.45, 7) is 1.91. The number of benzene rings is 1. The van der Waals surface area contributed by atoms with Gasteiger partial charge in [-0.1, -0.05) is 30.3 Å². The molecule has 4 aliphatic carbocycles. The van der Waals surface area contributed by atoms with Crippen molar-refractivity contribution >= 4 is 11.8 Å². The van der Waals surface area contributed by atoms with Crippen LogP contribution in [0.25, 0.3) is 0 Å². The molecule has 24 heavy (non-hydrogen) atoms. The SMILES string of the molecule is CC(NC(=O)C(=O)NC12CC3CC(CC(C3)C1)C2)c1ccccc1. The standard InChI is InChI=1S/C20H26N2O2/c1-13(17-5-3-2-4-6-17)21-18(23)19(24)22-20-10-14-7-15(11-20)9-16(8-14)12-20/h2-6,13-16H,7-12H2,1H3,(H,21,23)(H,22,24). The van der Waals surface area contributed by atoms with Crippen LogP contribution in [0.1, 0.15) is 57.1 Å². The molecule has 0 saturated heterocycles. The van der Waals surface area contributed by atoms with Crippen LogP contribution in [0.2, 0.25) is 0 Å². The number of rotatable bonds is 3. The lowest BCUT2D eigenvalue weighted by molar-refractivity contribution is -0.143. The zero-order valence-corrected chi connectivity index (χ0v) is 14.3. The summed E-state index contributed by atoms with van der Waals surface area (Å²) >= 11 is 0. The minimum absolute atomic E-state index is 0.112. The average molecular weight is 326 g/mol. The van der Waals surface area contributed by atoms with Crippen molar-refractivity contribution in [2.45, 2.75) is 57.0 Å². The first kappa shape index (κ1) is 15.7. The van der Waals surface area contributed by atoms with Gasteiger partial charge in [-0.2, -0.15) is 0 Å². The fraction of sp³-hybridized carbons (Fsp3) is 0.600. The van der Waals surface area contributed by atoms with Crippen molar-refractivity contribution in [1.29, 1.82) is 0 Å². The summed E-state index contributed by atoms with van der Waals surface area (Å²) in [5, 5.41) is 5.96. The lowest BCUT2D eigenvalue weighted by Crippen LogP contribution is -2.61. The van der Waals surface area contributed by atoms with Gasteiger partial charge in [-0.15, -0.1) is 0 Å². The molecule has 4 nitrogen and oxygen atoms in total. The van der Waals surface area contributed by atoms with Crippen LogP contribution in [-0.2, 0) is 9.59 Å². The maximum Gasteiger partial charge on any atom is 0.309 e. The molecular formula is C20H26N2O2. The highest BCUT2D eigenvalue weighted by Gasteiger charge is 2.51. The molecule has 1 atom stereocenters. The minimum atomic E-state index is -0.512. The van der Waals surface area contributed by atoms with Gasteiger partial charge in [-0.3, -0.25) is 9.59 Å². The highest BCUT2D eigenvalue weighted by atomic mass is 16.2. The third kappa shape index (κ3) is 2.94. The summed E-state index contributed by atoms with van der Waals surface area (Å²) < 4.78 is 0. The van der Waals surface area contributed by atoms with Gasteiger partial charge in [0.15, 0.2) is 0 Å². The maximum absolute atomic E-state index is 12.5. The molecule has 4 bridgehead atoms. The molecule has 4 saturated carbocycles. The van der Waals surface area contributed by atoms with Crippen molar-refractivity contribution in [1.82, 2.24) is 10.6 Å². The summed E-state index contributed by atoms with van der Waals surface area (Å²) in [7, 11) is 0. The lowest BCUT2D eigenvalue weighted by atomic mass is 9.53. The van der Waals surface area contributed by atoms with Gasteiger partial charge in [0.2, 0.25) is 0 Å². The van der Waals surface area contributed by atoms with E-state index in [2.05, 4.69) is 10.6 Å². The molecule has 0 aliphatic heterocycles. The Hall–Kier alpha value is -1.84. The number of carbonyl (C=O) groups excluding carboxylic acids is 2. The van der Waals surface area contributed by atoms with E-state index in [-0.39, 0.29) is 11.6 Å². The monoisotopic (exact) mass is 326 g/mol. The number of nitrogens with one attached hydrogen (secondary N) is 2. The quantitative estimate of drug-likeness (QED) is 0.839. The van der Waals surface area contributed by atoms with Gasteiger partial charge in [-0.25, -0.2) is 0 Å². The molecule has 1 aromatic rings. The molecule has 4 heteroatoms. The summed E-state index contributed by atoms with van der Waals surface area (Å²) in [5.41, 5.74) is 0.896. The van der Waals surface area contributed by atoms with Crippen molar-refractivity contribution in [3.05, 3.63) is 35.9 Å². The van der Waals surface area contributed by atoms with Gasteiger partial charge < -0.3 is 10.6 Å². The summed E-state index contributed by atoms with van der Waals surface area (Å²) in [5.74, 6) is 1.29. The van der Waals surface area contributed by atoms with Crippen LogP contribution in [0.5, 0.6) is 0 Å². The zero-order chi connectivity index (χ0) is 16.7. The third-order valence-corrected chi connectivity index (χ3v) is 6.27. The van der Waals surface area contributed by atoms with Gasteiger partial charge in [0.1, 0.15) is 0 Å². The Bertz CT molecular complexity index is 605. The van der Waals surface area contributed by atoms with E-state index in [1.54, 1.807) is 0 Å². The third-order valence-electron chi connectivity index (χ3n) is 6.27. The van der Waals surface area contributed by atoms with E-state index in [4.69, 9.17) is 0 Å². The fourth-order valence-electron chi connectivity index (χ4n) is 5.65. The highest BCUT2D eigenvalue weighted by Crippen LogP contribution is 2.55. The molecule has 2 N–H and O–H groups in total. The van der Waals surface area contributed by atoms with Crippen molar-refractivity contribution in [3.8, 4) is 0 Å². The van der Waals surface area contributed by atoms with Crippen molar-refractivity contribution in [2.75, 3.05) is 0 Å². The van der Waals surface area contributed by atoms with Gasteiger partial charge in [0.05, 0.1) is 6.04 Å². The second kappa shape index (κ2) is 5.91. The first-order chi connectivity index (χ1) is 11.5. The molecule has 128 valence electrons. The van der Waals surface area contributed by atoms with E-state index >= 15 is 0 Å². The second-order valence-electron chi connectivity index (χ2n) is 8.26. The topological polar surface area (TPSA) is 58.2 Å². The summed E-state index contributed by atoms with van der Waals surface area (Å²) in [6, 6.07) is 9.57. The molecule has 2 amide bonds. The van der Waals surface area contributed by atoms with Crippen molar-refractivity contribution < 1.29 is 9.59 Å². The molecule has 0 aromatic heterocycles. The van der Waals surface area contributed by atoms with Crippen LogP contribution in [0.4, 0.5) is 0 Å². The summed E-state index contributed by atoms with van der Waals surface area (Å²) in [6.07, 6.45) is 7.16. The minimum Gasteiger partial charge on any atom is -0.342 e. The van der Waals surface area contributed by atoms with E-state index in [0.717, 1.165) is 42.6 Å². The highest BCUT2D eigenvalue weighted by molar-refractivity contribution is 6.35. The predicted octanol–water partition coefficient (Wildman–Crippen LogP) is 2.95. The number of hydrogen-bond acceptors (Lipinski definition) is 2. The van der Waals surface area contributed by atoms with Crippen molar-refractivity contribution in [2.24, 2.45) is 17.8 Å². The Balaban J connectivity index is 1.38. The molecule has 4 aliphatic rings. The lowest BCUT2D eigenvalue weighted by Gasteiger charge is -2.56. The molecule has 1 aromatic carbocycles. The average Bonchev–Trinajstić information content (AvgIpc) is 2.53. The smallest absolute Gasteiger partial charge is 0.309 e. The van der Waals surface area contributed by atoms with Crippen LogP contribution in [0.15, 0.2) is 30.3 Å². The molecule has 0 radical (unpaired) electrons. The first-order valence-electron chi connectivity index (χ1n) is 9.21. The number of amides is 2. The van der Waals surface area contributed by atoms with Crippen LogP contribution in [-0.4, -0.2) is 17.4 Å². The van der Waals surface area contributed by atoms with Crippen LogP contribution >= 0.6 is 0 Å². The predicted molar refractivity (Wildman–Crippen MR) is 92.0 cm³/mol. The Kier molecular flexibility index (Phi) is 3.86. The Labute approximate surface area is 143 Å². The van der Waals surface area contributed by atoms with Gasteiger partial charge in [0, 0.05) is 5.54 Å². The molecule has 1 unspecified atom stereocenters. The first-order valence-corrected chi connectivity index (χ1v) is 9.21. The molecule has 0 heterocycles. The Morgan fingerprint density at radius 2 is 1.50 bits per heavy atom. The van der Waals surface area contributed by atoms with Crippen LogP contribution in [0.3, 0.4) is 0 Å². The number of hydrogen-bond donors (Lipinski definition) is 2.